The van der Waals surface area contributed by atoms with Gasteiger partial charge in [0.2, 0.25) is 0 Å². The minimum Gasteiger partial charge on any atom is -0.396 e. The van der Waals surface area contributed by atoms with Gasteiger partial charge in [-0.1, -0.05) is 11.6 Å². The van der Waals surface area contributed by atoms with E-state index in [1.165, 1.54) is 18.2 Å². The van der Waals surface area contributed by atoms with E-state index in [0.717, 1.165) is 0 Å². The summed E-state index contributed by atoms with van der Waals surface area (Å²) >= 11 is 5.70. The van der Waals surface area contributed by atoms with Crippen LogP contribution in [0, 0.1) is 10.1 Å². The van der Waals surface area contributed by atoms with Gasteiger partial charge in [0.15, 0.2) is 0 Å². The Morgan fingerprint density at radius 3 is 2.72 bits per heavy atom. The van der Waals surface area contributed by atoms with Crippen molar-refractivity contribution in [2.45, 2.75) is 12.8 Å². The molecule has 0 atom stereocenters. The lowest BCUT2D eigenvalue weighted by Crippen LogP contribution is -2.24. The van der Waals surface area contributed by atoms with Crippen LogP contribution in [0.3, 0.4) is 0 Å². The fraction of sp³-hybridized carbons (Fsp3) is 0.364. The van der Waals surface area contributed by atoms with Gasteiger partial charge >= 0.3 is 0 Å². The zero-order valence-corrected chi connectivity index (χ0v) is 10.3. The molecular weight excluding hydrogens is 260 g/mol. The molecule has 98 valence electrons. The van der Waals surface area contributed by atoms with Crippen molar-refractivity contribution in [3.05, 3.63) is 38.9 Å². The molecule has 0 unspecified atom stereocenters. The van der Waals surface area contributed by atoms with Crippen LogP contribution in [0.25, 0.3) is 0 Å². The van der Waals surface area contributed by atoms with E-state index in [2.05, 4.69) is 5.32 Å². The minimum atomic E-state index is -0.603. The molecule has 0 saturated carbocycles. The molecule has 0 spiro atoms. The number of carbonyl (C=O) groups excluding carboxylic acids is 1. The number of nitrogens with zero attached hydrogens (tertiary/aromatic N) is 1. The van der Waals surface area contributed by atoms with Crippen LogP contribution in [0.1, 0.15) is 23.2 Å². The molecule has 7 heteroatoms. The zero-order chi connectivity index (χ0) is 13.5. The maximum atomic E-state index is 11.7. The number of halogens is 1. The molecule has 0 bridgehead atoms. The molecule has 1 aromatic rings. The summed E-state index contributed by atoms with van der Waals surface area (Å²) in [4.78, 5) is 21.7. The number of amides is 1. The van der Waals surface area contributed by atoms with Gasteiger partial charge in [-0.05, 0) is 18.9 Å². The molecule has 0 radical (unpaired) electrons. The molecule has 18 heavy (non-hydrogen) atoms. The summed E-state index contributed by atoms with van der Waals surface area (Å²) < 4.78 is 0. The van der Waals surface area contributed by atoms with Crippen LogP contribution >= 0.6 is 11.6 Å². The number of aliphatic hydroxyl groups is 1. The molecule has 0 saturated heterocycles. The molecule has 0 aliphatic heterocycles. The smallest absolute Gasteiger partial charge is 0.271 e. The molecule has 1 aromatic carbocycles. The van der Waals surface area contributed by atoms with Crippen molar-refractivity contribution in [2.75, 3.05) is 13.2 Å². The van der Waals surface area contributed by atoms with Crippen LogP contribution in [-0.4, -0.2) is 29.1 Å². The summed E-state index contributed by atoms with van der Waals surface area (Å²) in [5.74, 6) is -0.418. The summed E-state index contributed by atoms with van der Waals surface area (Å²) in [6, 6.07) is 3.73. The largest absolute Gasteiger partial charge is 0.396 e. The lowest BCUT2D eigenvalue weighted by Gasteiger charge is -2.05. The number of hydrogen-bond acceptors (Lipinski definition) is 4. The van der Waals surface area contributed by atoms with Gasteiger partial charge in [0.1, 0.15) is 0 Å². The predicted molar refractivity (Wildman–Crippen MR) is 66.8 cm³/mol. The van der Waals surface area contributed by atoms with Gasteiger partial charge < -0.3 is 10.4 Å². The fourth-order valence-electron chi connectivity index (χ4n) is 1.35. The first-order valence-electron chi connectivity index (χ1n) is 5.38. The number of unbranched alkanes of at least 4 members (excludes halogenated alkanes) is 1. The summed E-state index contributed by atoms with van der Waals surface area (Å²) in [6.45, 7) is 0.470. The monoisotopic (exact) mass is 272 g/mol. The molecule has 1 amide bonds. The van der Waals surface area contributed by atoms with Gasteiger partial charge in [-0.25, -0.2) is 0 Å². The van der Waals surface area contributed by atoms with Gasteiger partial charge in [0.05, 0.1) is 4.92 Å². The van der Waals surface area contributed by atoms with Crippen LogP contribution in [0.15, 0.2) is 18.2 Å². The Bertz CT molecular complexity index is 451. The summed E-state index contributed by atoms with van der Waals surface area (Å²) in [5, 5.41) is 21.9. The molecular formula is C11H13ClN2O4. The molecule has 0 heterocycles. The average molecular weight is 273 g/mol. The summed E-state index contributed by atoms with van der Waals surface area (Å²) in [5.41, 5.74) is -0.0683. The van der Waals surface area contributed by atoms with Crippen LogP contribution in [0.2, 0.25) is 5.02 Å². The van der Waals surface area contributed by atoms with Crippen LogP contribution < -0.4 is 5.32 Å². The number of hydrogen-bond donors (Lipinski definition) is 2. The second kappa shape index (κ2) is 6.93. The van der Waals surface area contributed by atoms with E-state index >= 15 is 0 Å². The molecule has 6 nitrogen and oxygen atoms in total. The summed E-state index contributed by atoms with van der Waals surface area (Å²) in [7, 11) is 0. The van der Waals surface area contributed by atoms with Gasteiger partial charge in [0.25, 0.3) is 11.6 Å². The normalized spacial score (nSPS) is 10.1. The number of aliphatic hydroxyl groups excluding tert-OH is 1. The first kappa shape index (κ1) is 14.4. The Morgan fingerprint density at radius 2 is 2.11 bits per heavy atom. The number of nitro benzene ring substituents is 1. The van der Waals surface area contributed by atoms with E-state index in [4.69, 9.17) is 16.7 Å². The summed E-state index contributed by atoms with van der Waals surface area (Å²) in [6.07, 6.45) is 1.24. The molecule has 1 rings (SSSR count). The van der Waals surface area contributed by atoms with E-state index in [1.807, 2.05) is 0 Å². The first-order valence-corrected chi connectivity index (χ1v) is 5.76. The second-order valence-corrected chi connectivity index (χ2v) is 4.08. The van der Waals surface area contributed by atoms with E-state index in [9.17, 15) is 14.9 Å². The Morgan fingerprint density at radius 1 is 1.39 bits per heavy atom. The predicted octanol–water partition coefficient (Wildman–Crippen LogP) is 1.75. The van der Waals surface area contributed by atoms with Crippen molar-refractivity contribution >= 4 is 23.2 Å². The van der Waals surface area contributed by atoms with Gasteiger partial charge in [-0.15, -0.1) is 0 Å². The van der Waals surface area contributed by atoms with E-state index in [0.29, 0.717) is 19.4 Å². The SMILES string of the molecule is O=C(NCCCCO)c1cc(Cl)cc([N+](=O)[O-])c1. The molecule has 0 fully saturated rings. The average Bonchev–Trinajstić information content (AvgIpc) is 2.33. The number of nitro groups is 1. The highest BCUT2D eigenvalue weighted by molar-refractivity contribution is 6.31. The third-order valence-corrected chi connectivity index (χ3v) is 2.44. The molecule has 2 N–H and O–H groups in total. The van der Waals surface area contributed by atoms with Crippen molar-refractivity contribution in [2.24, 2.45) is 0 Å². The number of rotatable bonds is 6. The quantitative estimate of drug-likeness (QED) is 0.469. The molecule has 0 aliphatic carbocycles. The van der Waals surface area contributed by atoms with E-state index in [1.54, 1.807) is 0 Å². The number of carbonyl (C=O) groups is 1. The van der Waals surface area contributed by atoms with E-state index < -0.39 is 10.8 Å². The lowest BCUT2D eigenvalue weighted by atomic mass is 10.2. The number of non-ortho nitro benzene ring substituents is 1. The third kappa shape index (κ3) is 4.31. The van der Waals surface area contributed by atoms with Crippen molar-refractivity contribution in [3.8, 4) is 0 Å². The van der Waals surface area contributed by atoms with Crippen molar-refractivity contribution in [1.29, 1.82) is 0 Å². The van der Waals surface area contributed by atoms with Crippen LogP contribution in [0.4, 0.5) is 5.69 Å². The Hall–Kier alpha value is -1.66. The zero-order valence-electron chi connectivity index (χ0n) is 9.56. The third-order valence-electron chi connectivity index (χ3n) is 2.23. The molecule has 0 aliphatic rings. The number of nitrogens with one attached hydrogen (secondary N) is 1. The molecule has 0 aromatic heterocycles. The van der Waals surface area contributed by atoms with Gasteiger partial charge in [0, 0.05) is 35.9 Å². The highest BCUT2D eigenvalue weighted by atomic mass is 35.5. The highest BCUT2D eigenvalue weighted by Gasteiger charge is 2.13. The van der Waals surface area contributed by atoms with E-state index in [-0.39, 0.29) is 22.9 Å². The van der Waals surface area contributed by atoms with Crippen molar-refractivity contribution in [3.63, 3.8) is 0 Å². The van der Waals surface area contributed by atoms with Crippen LogP contribution in [0.5, 0.6) is 0 Å². The Kier molecular flexibility index (Phi) is 5.54. The van der Waals surface area contributed by atoms with Gasteiger partial charge in [-0.2, -0.15) is 0 Å². The maximum Gasteiger partial charge on any atom is 0.271 e. The van der Waals surface area contributed by atoms with Gasteiger partial charge in [-0.3, -0.25) is 14.9 Å². The van der Waals surface area contributed by atoms with Crippen molar-refractivity contribution in [1.82, 2.24) is 5.32 Å². The minimum absolute atomic E-state index is 0.0680. The first-order chi connectivity index (χ1) is 8.54. The number of benzene rings is 1. The maximum absolute atomic E-state index is 11.7. The fourth-order valence-corrected chi connectivity index (χ4v) is 1.58. The van der Waals surface area contributed by atoms with Crippen molar-refractivity contribution < 1.29 is 14.8 Å². The lowest BCUT2D eigenvalue weighted by molar-refractivity contribution is -0.384. The Balaban J connectivity index is 2.70. The van der Waals surface area contributed by atoms with Crippen LogP contribution in [-0.2, 0) is 0 Å². The topological polar surface area (TPSA) is 92.5 Å². The second-order valence-electron chi connectivity index (χ2n) is 3.64. The Labute approximate surface area is 109 Å². The highest BCUT2D eigenvalue weighted by Crippen LogP contribution is 2.20. The standard InChI is InChI=1S/C11H13ClN2O4/c12-9-5-8(6-10(7-9)14(17)18)11(16)13-3-1-2-4-15/h5-7,15H,1-4H2,(H,13,16).